The van der Waals surface area contributed by atoms with E-state index in [2.05, 4.69) is 15.9 Å². The second-order valence-electron chi connectivity index (χ2n) is 4.01. The first-order chi connectivity index (χ1) is 9.67. The fourth-order valence-corrected chi connectivity index (χ4v) is 2.35. The number of hydrogen-bond acceptors (Lipinski definition) is 4. The molecule has 0 radical (unpaired) electrons. The van der Waals surface area contributed by atoms with Crippen LogP contribution >= 0.6 is 15.9 Å². The number of carbonyl (C=O) groups is 1. The molecule has 1 aromatic heterocycles. The molecule has 1 heterocycles. The van der Waals surface area contributed by atoms with Gasteiger partial charge in [0.05, 0.1) is 6.61 Å². The number of ether oxygens (including phenoxy) is 1. The summed E-state index contributed by atoms with van der Waals surface area (Å²) in [6, 6.07) is 10.7. The van der Waals surface area contributed by atoms with E-state index >= 15 is 0 Å². The highest BCUT2D eigenvalue weighted by Gasteiger charge is 2.21. The maximum atomic E-state index is 12.0. The van der Waals surface area contributed by atoms with E-state index in [1.807, 2.05) is 30.3 Å². The molecule has 2 aromatic rings. The minimum atomic E-state index is -0.633. The zero-order chi connectivity index (χ0) is 14.5. The van der Waals surface area contributed by atoms with Crippen molar-refractivity contribution in [2.45, 2.75) is 12.3 Å². The van der Waals surface area contributed by atoms with Crippen molar-refractivity contribution in [1.29, 1.82) is 0 Å². The molecule has 0 spiro atoms. The quantitative estimate of drug-likeness (QED) is 0.634. The average molecular weight is 337 g/mol. The van der Waals surface area contributed by atoms with Crippen molar-refractivity contribution in [1.82, 2.24) is 0 Å². The van der Waals surface area contributed by atoms with Crippen LogP contribution in [0.15, 0.2) is 45.6 Å². The van der Waals surface area contributed by atoms with Crippen molar-refractivity contribution in [2.24, 2.45) is 0 Å². The third-order valence-electron chi connectivity index (χ3n) is 2.71. The molecule has 0 saturated carbocycles. The minimum absolute atomic E-state index is 0.0556. The lowest BCUT2D eigenvalue weighted by Crippen LogP contribution is -2.13. The first kappa shape index (κ1) is 14.5. The lowest BCUT2D eigenvalue weighted by atomic mass is 10.00. The number of hydrogen-bond donors (Lipinski definition) is 0. The fraction of sp³-hybridized carbons (Fsp3) is 0.200. The molecule has 0 N–H and O–H groups in total. The molecule has 0 saturated heterocycles. The Hall–Kier alpha value is -1.88. The summed E-state index contributed by atoms with van der Waals surface area (Å²) in [5, 5.41) is 0.440. The molecular weight excluding hydrogens is 324 g/mol. The van der Waals surface area contributed by atoms with E-state index < -0.39 is 11.6 Å². The molecule has 0 aliphatic carbocycles. The molecular formula is C15H13BrO4. The summed E-state index contributed by atoms with van der Waals surface area (Å²) in [7, 11) is 0. The monoisotopic (exact) mass is 336 g/mol. The van der Waals surface area contributed by atoms with Crippen molar-refractivity contribution in [3.8, 4) is 11.1 Å². The summed E-state index contributed by atoms with van der Waals surface area (Å²) in [5.41, 5.74) is 1.51. The van der Waals surface area contributed by atoms with Crippen LogP contribution < -0.4 is 5.63 Å². The van der Waals surface area contributed by atoms with Crippen molar-refractivity contribution in [2.75, 3.05) is 6.61 Å². The number of halogens is 1. The van der Waals surface area contributed by atoms with Crippen LogP contribution in [-0.2, 0) is 10.1 Å². The summed E-state index contributed by atoms with van der Waals surface area (Å²) in [6.07, 6.45) is 0. The number of esters is 1. The van der Waals surface area contributed by atoms with Gasteiger partial charge in [-0.1, -0.05) is 46.3 Å². The van der Waals surface area contributed by atoms with Gasteiger partial charge < -0.3 is 9.15 Å². The van der Waals surface area contributed by atoms with Gasteiger partial charge in [0, 0.05) is 17.0 Å². The summed E-state index contributed by atoms with van der Waals surface area (Å²) in [4.78, 5) is 23.6. The van der Waals surface area contributed by atoms with Gasteiger partial charge in [0.1, 0.15) is 0 Å². The van der Waals surface area contributed by atoms with E-state index in [0.717, 1.165) is 5.56 Å². The topological polar surface area (TPSA) is 56.5 Å². The molecule has 4 nitrogen and oxygen atoms in total. The van der Waals surface area contributed by atoms with Crippen LogP contribution in [0.5, 0.6) is 0 Å². The SMILES string of the molecule is CCOC(=O)c1oc(=O)cc(CBr)c1-c1ccccc1. The normalized spacial score (nSPS) is 10.3. The van der Waals surface area contributed by atoms with Crippen LogP contribution in [0.1, 0.15) is 23.0 Å². The molecule has 2 rings (SSSR count). The standard InChI is InChI=1S/C15H13BrO4/c1-2-19-15(18)14-13(10-6-4-3-5-7-10)11(9-16)8-12(17)20-14/h3-8H,2,9H2,1H3. The van der Waals surface area contributed by atoms with Crippen molar-refractivity contribution < 1.29 is 13.9 Å². The molecule has 0 aliphatic rings. The Morgan fingerprint density at radius 1 is 1.30 bits per heavy atom. The van der Waals surface area contributed by atoms with Crippen molar-refractivity contribution in [3.63, 3.8) is 0 Å². The smallest absolute Gasteiger partial charge is 0.375 e. The van der Waals surface area contributed by atoms with E-state index in [0.29, 0.717) is 16.5 Å². The molecule has 0 fully saturated rings. The van der Waals surface area contributed by atoms with Gasteiger partial charge in [-0.15, -0.1) is 0 Å². The molecule has 0 amide bonds. The Bertz CT molecular complexity index is 661. The summed E-state index contributed by atoms with van der Waals surface area (Å²) in [6.45, 7) is 1.92. The zero-order valence-electron chi connectivity index (χ0n) is 10.9. The van der Waals surface area contributed by atoms with Gasteiger partial charge in [-0.05, 0) is 18.1 Å². The maximum Gasteiger partial charge on any atom is 0.375 e. The van der Waals surface area contributed by atoms with E-state index in [4.69, 9.17) is 9.15 Å². The zero-order valence-corrected chi connectivity index (χ0v) is 12.5. The summed E-state index contributed by atoms with van der Waals surface area (Å²) >= 11 is 3.33. The van der Waals surface area contributed by atoms with E-state index in [1.165, 1.54) is 6.07 Å². The summed E-state index contributed by atoms with van der Waals surface area (Å²) < 4.78 is 10.0. The van der Waals surface area contributed by atoms with Gasteiger partial charge >= 0.3 is 11.6 Å². The van der Waals surface area contributed by atoms with Crippen LogP contribution in [0.25, 0.3) is 11.1 Å². The summed E-state index contributed by atoms with van der Waals surface area (Å²) in [5.74, 6) is -0.689. The van der Waals surface area contributed by atoms with Gasteiger partial charge in [0.2, 0.25) is 5.76 Å². The number of carbonyl (C=O) groups excluding carboxylic acids is 1. The Balaban J connectivity index is 2.69. The highest BCUT2D eigenvalue weighted by molar-refractivity contribution is 9.08. The number of benzene rings is 1. The lowest BCUT2D eigenvalue weighted by Gasteiger charge is -2.11. The molecule has 0 aliphatic heterocycles. The molecule has 0 atom stereocenters. The third kappa shape index (κ3) is 2.99. The van der Waals surface area contributed by atoms with E-state index in [9.17, 15) is 9.59 Å². The predicted octanol–water partition coefficient (Wildman–Crippen LogP) is 3.38. The molecule has 20 heavy (non-hydrogen) atoms. The second-order valence-corrected chi connectivity index (χ2v) is 4.58. The van der Waals surface area contributed by atoms with Gasteiger partial charge in [0.15, 0.2) is 0 Å². The highest BCUT2D eigenvalue weighted by atomic mass is 79.9. The van der Waals surface area contributed by atoms with Gasteiger partial charge in [-0.25, -0.2) is 9.59 Å². The molecule has 0 bridgehead atoms. The van der Waals surface area contributed by atoms with Crippen molar-refractivity contribution >= 4 is 21.9 Å². The predicted molar refractivity (Wildman–Crippen MR) is 79.0 cm³/mol. The third-order valence-corrected chi connectivity index (χ3v) is 3.31. The Kier molecular flexibility index (Phi) is 4.74. The number of rotatable bonds is 4. The van der Waals surface area contributed by atoms with Crippen molar-refractivity contribution in [3.05, 3.63) is 58.1 Å². The maximum absolute atomic E-state index is 12.0. The van der Waals surface area contributed by atoms with Crippen LogP contribution in [0.2, 0.25) is 0 Å². The van der Waals surface area contributed by atoms with Gasteiger partial charge in [0.25, 0.3) is 0 Å². The van der Waals surface area contributed by atoms with Crippen LogP contribution in [0, 0.1) is 0 Å². The average Bonchev–Trinajstić information content (AvgIpc) is 2.47. The fourth-order valence-electron chi connectivity index (χ4n) is 1.91. The largest absolute Gasteiger partial charge is 0.460 e. The van der Waals surface area contributed by atoms with Gasteiger partial charge in [-0.3, -0.25) is 0 Å². The van der Waals surface area contributed by atoms with E-state index in [1.54, 1.807) is 6.92 Å². The minimum Gasteiger partial charge on any atom is -0.460 e. The molecule has 104 valence electrons. The second kappa shape index (κ2) is 6.52. The highest BCUT2D eigenvalue weighted by Crippen LogP contribution is 2.28. The first-order valence-corrected chi connectivity index (χ1v) is 7.25. The van der Waals surface area contributed by atoms with E-state index in [-0.39, 0.29) is 12.4 Å². The van der Waals surface area contributed by atoms with Gasteiger partial charge in [-0.2, -0.15) is 0 Å². The van der Waals surface area contributed by atoms with Crippen LogP contribution in [-0.4, -0.2) is 12.6 Å². The molecule has 1 aromatic carbocycles. The number of alkyl halides is 1. The Morgan fingerprint density at radius 2 is 2.00 bits per heavy atom. The lowest BCUT2D eigenvalue weighted by molar-refractivity contribution is 0.0486. The van der Waals surface area contributed by atoms with Crippen LogP contribution in [0.4, 0.5) is 0 Å². The van der Waals surface area contributed by atoms with Crippen LogP contribution in [0.3, 0.4) is 0 Å². The first-order valence-electron chi connectivity index (χ1n) is 6.13. The Morgan fingerprint density at radius 3 is 2.60 bits per heavy atom. The molecule has 0 unspecified atom stereocenters. The molecule has 5 heteroatoms. The Labute approximate surface area is 124 Å².